The fourth-order valence-electron chi connectivity index (χ4n) is 7.63. The summed E-state index contributed by atoms with van der Waals surface area (Å²) in [4.78, 5) is 38.7. The minimum Gasteiger partial charge on any atom is -0.466 e. The molecule has 6 nitrogen and oxygen atoms in total. The normalized spacial score (nSPS) is 12.2. The third kappa shape index (κ3) is 47.0. The Morgan fingerprint density at radius 3 is 0.951 bits per heavy atom. The summed E-state index contributed by atoms with van der Waals surface area (Å²) in [5, 5.41) is 0. The second-order valence-electron chi connectivity index (χ2n) is 17.8. The summed E-state index contributed by atoms with van der Waals surface area (Å²) >= 11 is 0. The van der Waals surface area contributed by atoms with E-state index in [0.29, 0.717) is 19.8 Å². The standard InChI is InChI=1S/C55H100O6/c1-4-7-10-13-16-19-22-25-27-30-33-36-39-42-45-48-60-54(57)51-52(50-53(56)59-47-44-41-38-35-32-29-24-21-18-15-12-9-6-3)55(58)61-49-46-43-40-37-34-31-28-26-23-20-17-14-11-8-5-2/h16,19,25-28,52H,4-15,17-18,20-24,29-51H2,1-3H3. The number of unbranched alkanes of at least 4 members (excludes halogenated alkanes) is 31. The molecule has 6 heteroatoms. The Hall–Kier alpha value is -2.37. The number of esters is 3. The van der Waals surface area contributed by atoms with Gasteiger partial charge in [-0.1, -0.05) is 218 Å². The van der Waals surface area contributed by atoms with Gasteiger partial charge in [0.1, 0.15) is 0 Å². The lowest BCUT2D eigenvalue weighted by Crippen LogP contribution is -2.26. The van der Waals surface area contributed by atoms with Crippen LogP contribution >= 0.6 is 0 Å². The SMILES string of the molecule is CCCCCC=CCC=CCCCCCCCOC(=O)CC(CC(=O)OCCCCCCCCCCCCCCC)C(=O)OCCCCCCCC=CCCCCCCCC. The Morgan fingerprint density at radius 1 is 0.328 bits per heavy atom. The highest BCUT2D eigenvalue weighted by molar-refractivity contribution is 5.84. The Bertz CT molecular complexity index is 1030. The van der Waals surface area contributed by atoms with E-state index >= 15 is 0 Å². The van der Waals surface area contributed by atoms with E-state index in [9.17, 15) is 14.4 Å². The summed E-state index contributed by atoms with van der Waals surface area (Å²) in [6, 6.07) is 0. The highest BCUT2D eigenvalue weighted by atomic mass is 16.5. The van der Waals surface area contributed by atoms with E-state index in [1.54, 1.807) is 0 Å². The third-order valence-corrected chi connectivity index (χ3v) is 11.7. The molecule has 1 atom stereocenters. The van der Waals surface area contributed by atoms with Gasteiger partial charge in [-0.15, -0.1) is 0 Å². The van der Waals surface area contributed by atoms with E-state index in [-0.39, 0.29) is 12.8 Å². The van der Waals surface area contributed by atoms with Crippen molar-refractivity contribution in [3.05, 3.63) is 36.5 Å². The number of hydrogen-bond donors (Lipinski definition) is 0. The molecule has 0 aromatic carbocycles. The molecule has 0 spiro atoms. The first-order chi connectivity index (χ1) is 30.0. The molecule has 0 aliphatic heterocycles. The van der Waals surface area contributed by atoms with Gasteiger partial charge in [0.15, 0.2) is 0 Å². The summed E-state index contributed by atoms with van der Waals surface area (Å²) in [5.41, 5.74) is 0. The smallest absolute Gasteiger partial charge is 0.310 e. The molecule has 0 aliphatic carbocycles. The largest absolute Gasteiger partial charge is 0.466 e. The molecule has 1 unspecified atom stereocenters. The van der Waals surface area contributed by atoms with Crippen LogP contribution in [-0.4, -0.2) is 37.7 Å². The number of ether oxygens (including phenoxy) is 3. The monoisotopic (exact) mass is 857 g/mol. The Labute approximate surface area is 378 Å². The third-order valence-electron chi connectivity index (χ3n) is 11.7. The van der Waals surface area contributed by atoms with Gasteiger partial charge in [0, 0.05) is 0 Å². The lowest BCUT2D eigenvalue weighted by molar-refractivity contribution is -0.159. The minimum absolute atomic E-state index is 0.150. The number of carbonyl (C=O) groups excluding carboxylic acids is 3. The molecule has 0 heterocycles. The van der Waals surface area contributed by atoms with Crippen LogP contribution in [0.1, 0.15) is 271 Å². The van der Waals surface area contributed by atoms with Crippen LogP contribution in [0.25, 0.3) is 0 Å². The molecule has 61 heavy (non-hydrogen) atoms. The molecule has 0 aromatic rings. The van der Waals surface area contributed by atoms with Gasteiger partial charge < -0.3 is 14.2 Å². The maximum atomic E-state index is 13.1. The van der Waals surface area contributed by atoms with Crippen molar-refractivity contribution in [1.29, 1.82) is 0 Å². The molecule has 0 fully saturated rings. The Balaban J connectivity index is 4.41. The lowest BCUT2D eigenvalue weighted by atomic mass is 10.0. The van der Waals surface area contributed by atoms with Crippen LogP contribution in [0, 0.1) is 5.92 Å². The van der Waals surface area contributed by atoms with Crippen molar-refractivity contribution < 1.29 is 28.6 Å². The van der Waals surface area contributed by atoms with Gasteiger partial charge in [-0.3, -0.25) is 14.4 Å². The number of carbonyl (C=O) groups is 3. The fraction of sp³-hybridized carbons (Fsp3) is 0.836. The van der Waals surface area contributed by atoms with Crippen LogP contribution in [0.15, 0.2) is 36.5 Å². The fourth-order valence-corrected chi connectivity index (χ4v) is 7.63. The summed E-state index contributed by atoms with van der Waals surface area (Å²) in [5.74, 6) is -2.26. The van der Waals surface area contributed by atoms with E-state index in [1.165, 1.54) is 154 Å². The van der Waals surface area contributed by atoms with Gasteiger partial charge >= 0.3 is 17.9 Å². The quantitative estimate of drug-likeness (QED) is 0.0262. The van der Waals surface area contributed by atoms with Crippen LogP contribution in [0.5, 0.6) is 0 Å². The van der Waals surface area contributed by atoms with E-state index < -0.39 is 23.8 Å². The van der Waals surface area contributed by atoms with Crippen molar-refractivity contribution in [3.63, 3.8) is 0 Å². The lowest BCUT2D eigenvalue weighted by Gasteiger charge is -2.15. The highest BCUT2D eigenvalue weighted by Crippen LogP contribution is 2.17. The van der Waals surface area contributed by atoms with Gasteiger partial charge in [0.05, 0.1) is 38.6 Å². The van der Waals surface area contributed by atoms with E-state index in [2.05, 4.69) is 57.2 Å². The van der Waals surface area contributed by atoms with Crippen molar-refractivity contribution in [2.24, 2.45) is 5.92 Å². The minimum atomic E-state index is -0.876. The van der Waals surface area contributed by atoms with Crippen LogP contribution in [0.2, 0.25) is 0 Å². The highest BCUT2D eigenvalue weighted by Gasteiger charge is 2.28. The molecule has 0 radical (unpaired) electrons. The summed E-state index contributed by atoms with van der Waals surface area (Å²) < 4.78 is 16.6. The maximum absolute atomic E-state index is 13.1. The van der Waals surface area contributed by atoms with Gasteiger partial charge in [-0.2, -0.15) is 0 Å². The zero-order chi connectivity index (χ0) is 44.4. The summed E-state index contributed by atoms with van der Waals surface area (Å²) in [7, 11) is 0. The molecule has 0 aliphatic rings. The topological polar surface area (TPSA) is 78.9 Å². The average molecular weight is 857 g/mol. The number of hydrogen-bond acceptors (Lipinski definition) is 6. The van der Waals surface area contributed by atoms with Crippen molar-refractivity contribution in [3.8, 4) is 0 Å². The van der Waals surface area contributed by atoms with E-state index in [1.807, 2.05) is 0 Å². The molecule has 0 rings (SSSR count). The van der Waals surface area contributed by atoms with Crippen LogP contribution < -0.4 is 0 Å². The van der Waals surface area contributed by atoms with Crippen molar-refractivity contribution >= 4 is 17.9 Å². The molecule has 356 valence electrons. The molecule has 0 bridgehead atoms. The summed E-state index contributed by atoms with van der Waals surface area (Å²) in [6.07, 6.45) is 57.9. The Kier molecular flexibility index (Phi) is 48.3. The average Bonchev–Trinajstić information content (AvgIpc) is 3.25. The van der Waals surface area contributed by atoms with Crippen molar-refractivity contribution in [2.75, 3.05) is 19.8 Å². The first-order valence-corrected chi connectivity index (χ1v) is 26.5. The second kappa shape index (κ2) is 50.3. The van der Waals surface area contributed by atoms with Crippen molar-refractivity contribution in [2.45, 2.75) is 271 Å². The Morgan fingerprint density at radius 2 is 0.590 bits per heavy atom. The molecule has 0 amide bonds. The summed E-state index contributed by atoms with van der Waals surface area (Å²) in [6.45, 7) is 7.76. The molecular weight excluding hydrogens is 757 g/mol. The predicted molar refractivity (Wildman–Crippen MR) is 261 cm³/mol. The predicted octanol–water partition coefficient (Wildman–Crippen LogP) is 17.2. The first kappa shape index (κ1) is 58.6. The maximum Gasteiger partial charge on any atom is 0.310 e. The van der Waals surface area contributed by atoms with Gasteiger partial charge in [-0.25, -0.2) is 0 Å². The van der Waals surface area contributed by atoms with Crippen LogP contribution in [-0.2, 0) is 28.6 Å². The number of rotatable bonds is 48. The van der Waals surface area contributed by atoms with Crippen LogP contribution in [0.4, 0.5) is 0 Å². The number of allylic oxidation sites excluding steroid dienone is 6. The van der Waals surface area contributed by atoms with Gasteiger partial charge in [-0.05, 0) is 77.0 Å². The van der Waals surface area contributed by atoms with Crippen molar-refractivity contribution in [1.82, 2.24) is 0 Å². The second-order valence-corrected chi connectivity index (χ2v) is 17.8. The van der Waals surface area contributed by atoms with Gasteiger partial charge in [0.25, 0.3) is 0 Å². The van der Waals surface area contributed by atoms with E-state index in [4.69, 9.17) is 14.2 Å². The van der Waals surface area contributed by atoms with Gasteiger partial charge in [0.2, 0.25) is 0 Å². The first-order valence-electron chi connectivity index (χ1n) is 26.5. The van der Waals surface area contributed by atoms with E-state index in [0.717, 1.165) is 83.5 Å². The molecule has 0 N–H and O–H groups in total. The molecule has 0 saturated carbocycles. The molecule has 0 saturated heterocycles. The zero-order valence-corrected chi connectivity index (χ0v) is 40.7. The molecule has 0 aromatic heterocycles. The molecular formula is C55H100O6. The zero-order valence-electron chi connectivity index (χ0n) is 40.7. The van der Waals surface area contributed by atoms with Crippen LogP contribution in [0.3, 0.4) is 0 Å².